The number of nitrogens with one attached hydrogen (secondary N) is 1. The summed E-state index contributed by atoms with van der Waals surface area (Å²) in [4.78, 5) is 9.29. The van der Waals surface area contributed by atoms with E-state index in [0.29, 0.717) is 6.04 Å². The molecule has 0 saturated carbocycles. The molecular formula is C15H21N3. The van der Waals surface area contributed by atoms with Gasteiger partial charge in [-0.2, -0.15) is 0 Å². The van der Waals surface area contributed by atoms with E-state index in [9.17, 15) is 0 Å². The van der Waals surface area contributed by atoms with Gasteiger partial charge in [0, 0.05) is 17.8 Å². The molecular weight excluding hydrogens is 222 g/mol. The second-order valence-electron chi connectivity index (χ2n) is 4.91. The van der Waals surface area contributed by atoms with Crippen LogP contribution < -0.4 is 5.32 Å². The molecule has 3 heteroatoms. The number of nitrogens with zero attached hydrogens (tertiary/aromatic N) is 2. The third kappa shape index (κ3) is 2.97. The van der Waals surface area contributed by atoms with Crippen molar-refractivity contribution in [3.63, 3.8) is 0 Å². The molecule has 0 unspecified atom stereocenters. The van der Waals surface area contributed by atoms with E-state index in [-0.39, 0.29) is 0 Å². The summed E-state index contributed by atoms with van der Waals surface area (Å²) < 4.78 is 0. The van der Waals surface area contributed by atoms with Crippen molar-refractivity contribution in [1.29, 1.82) is 0 Å². The minimum Gasteiger partial charge on any atom is -0.367 e. The first-order valence-electron chi connectivity index (χ1n) is 6.73. The van der Waals surface area contributed by atoms with E-state index in [1.165, 1.54) is 6.42 Å². The molecule has 0 radical (unpaired) electrons. The maximum atomic E-state index is 4.66. The van der Waals surface area contributed by atoms with E-state index in [1.807, 2.05) is 12.1 Å². The molecule has 0 spiro atoms. The summed E-state index contributed by atoms with van der Waals surface area (Å²) in [5, 5.41) is 4.52. The summed E-state index contributed by atoms with van der Waals surface area (Å²) >= 11 is 0. The fraction of sp³-hybridized carbons (Fsp3) is 0.467. The standard InChI is InChI=1S/C15H21N3/c1-4-5-10-14-17-13-9-7-6-8-12(13)15(18-14)16-11(2)3/h6-9,11H,4-5,10H2,1-3H3,(H,16,17,18). The maximum Gasteiger partial charge on any atom is 0.137 e. The third-order valence-corrected chi connectivity index (χ3v) is 2.83. The van der Waals surface area contributed by atoms with Gasteiger partial charge in [0.25, 0.3) is 0 Å². The van der Waals surface area contributed by atoms with E-state index in [0.717, 1.165) is 35.4 Å². The van der Waals surface area contributed by atoms with Crippen molar-refractivity contribution >= 4 is 16.7 Å². The van der Waals surface area contributed by atoms with Crippen LogP contribution in [0.3, 0.4) is 0 Å². The molecule has 0 aliphatic heterocycles. The van der Waals surface area contributed by atoms with E-state index in [4.69, 9.17) is 0 Å². The highest BCUT2D eigenvalue weighted by Crippen LogP contribution is 2.21. The SMILES string of the molecule is CCCCc1nc(NC(C)C)c2ccccc2n1. The number of hydrogen-bond acceptors (Lipinski definition) is 3. The zero-order valence-electron chi connectivity index (χ0n) is 11.4. The largest absolute Gasteiger partial charge is 0.367 e. The Kier molecular flexibility index (Phi) is 4.13. The van der Waals surface area contributed by atoms with Crippen LogP contribution >= 0.6 is 0 Å². The molecule has 0 atom stereocenters. The number of unbranched alkanes of at least 4 members (excludes halogenated alkanes) is 1. The second-order valence-corrected chi connectivity index (χ2v) is 4.91. The average molecular weight is 243 g/mol. The predicted molar refractivity (Wildman–Crippen MR) is 76.9 cm³/mol. The molecule has 0 fully saturated rings. The van der Waals surface area contributed by atoms with Crippen LogP contribution in [0.5, 0.6) is 0 Å². The van der Waals surface area contributed by atoms with Gasteiger partial charge in [-0.05, 0) is 32.4 Å². The van der Waals surface area contributed by atoms with Crippen LogP contribution in [-0.4, -0.2) is 16.0 Å². The molecule has 3 nitrogen and oxygen atoms in total. The van der Waals surface area contributed by atoms with Gasteiger partial charge in [-0.15, -0.1) is 0 Å². The van der Waals surface area contributed by atoms with Gasteiger partial charge in [-0.3, -0.25) is 0 Å². The van der Waals surface area contributed by atoms with E-state index < -0.39 is 0 Å². The van der Waals surface area contributed by atoms with Crippen molar-refractivity contribution in [3.05, 3.63) is 30.1 Å². The number of fused-ring (bicyclic) bond motifs is 1. The van der Waals surface area contributed by atoms with Gasteiger partial charge >= 0.3 is 0 Å². The van der Waals surface area contributed by atoms with Gasteiger partial charge in [-0.25, -0.2) is 9.97 Å². The van der Waals surface area contributed by atoms with Crippen molar-refractivity contribution in [1.82, 2.24) is 9.97 Å². The smallest absolute Gasteiger partial charge is 0.137 e. The number of benzene rings is 1. The molecule has 1 aromatic carbocycles. The Morgan fingerprint density at radius 2 is 1.94 bits per heavy atom. The fourth-order valence-electron chi connectivity index (χ4n) is 1.95. The lowest BCUT2D eigenvalue weighted by atomic mass is 10.2. The molecule has 0 amide bonds. The van der Waals surface area contributed by atoms with Gasteiger partial charge < -0.3 is 5.32 Å². The predicted octanol–water partition coefficient (Wildman–Crippen LogP) is 3.79. The quantitative estimate of drug-likeness (QED) is 0.868. The van der Waals surface area contributed by atoms with Crippen LogP contribution in [0.15, 0.2) is 24.3 Å². The Morgan fingerprint density at radius 1 is 1.17 bits per heavy atom. The lowest BCUT2D eigenvalue weighted by Gasteiger charge is -2.13. The summed E-state index contributed by atoms with van der Waals surface area (Å²) in [6.07, 6.45) is 3.26. The van der Waals surface area contributed by atoms with Gasteiger partial charge in [0.1, 0.15) is 11.6 Å². The van der Waals surface area contributed by atoms with E-state index >= 15 is 0 Å². The zero-order valence-corrected chi connectivity index (χ0v) is 11.4. The van der Waals surface area contributed by atoms with Crippen LogP contribution in [-0.2, 0) is 6.42 Å². The first-order chi connectivity index (χ1) is 8.70. The molecule has 0 aliphatic rings. The number of hydrogen-bond donors (Lipinski definition) is 1. The van der Waals surface area contributed by atoms with E-state index in [2.05, 4.69) is 48.2 Å². The molecule has 0 aliphatic carbocycles. The molecule has 1 heterocycles. The normalized spacial score (nSPS) is 11.1. The molecule has 2 aromatic rings. The zero-order chi connectivity index (χ0) is 13.0. The Balaban J connectivity index is 2.43. The second kappa shape index (κ2) is 5.80. The van der Waals surface area contributed by atoms with Crippen molar-refractivity contribution in [2.75, 3.05) is 5.32 Å². The average Bonchev–Trinajstić information content (AvgIpc) is 2.35. The first-order valence-corrected chi connectivity index (χ1v) is 6.73. The third-order valence-electron chi connectivity index (χ3n) is 2.83. The van der Waals surface area contributed by atoms with Gasteiger partial charge in [0.2, 0.25) is 0 Å². The van der Waals surface area contributed by atoms with Crippen molar-refractivity contribution in [3.8, 4) is 0 Å². The van der Waals surface area contributed by atoms with E-state index in [1.54, 1.807) is 0 Å². The highest BCUT2D eigenvalue weighted by atomic mass is 15.0. The minimum atomic E-state index is 0.377. The molecule has 2 rings (SSSR count). The Bertz CT molecular complexity index is 520. The van der Waals surface area contributed by atoms with Crippen LogP contribution in [0.2, 0.25) is 0 Å². The maximum absolute atomic E-state index is 4.66. The van der Waals surface area contributed by atoms with Crippen molar-refractivity contribution in [2.24, 2.45) is 0 Å². The van der Waals surface area contributed by atoms with Crippen LogP contribution in [0.25, 0.3) is 10.9 Å². The molecule has 1 N–H and O–H groups in total. The summed E-state index contributed by atoms with van der Waals surface area (Å²) in [7, 11) is 0. The van der Waals surface area contributed by atoms with Crippen molar-refractivity contribution in [2.45, 2.75) is 46.1 Å². The molecule has 96 valence electrons. The van der Waals surface area contributed by atoms with Crippen LogP contribution in [0.1, 0.15) is 39.4 Å². The Morgan fingerprint density at radius 3 is 2.67 bits per heavy atom. The number of anilines is 1. The van der Waals surface area contributed by atoms with Gasteiger partial charge in [0.05, 0.1) is 5.52 Å². The number of aryl methyl sites for hydroxylation is 1. The summed E-state index contributed by atoms with van der Waals surface area (Å²) in [5.41, 5.74) is 1.03. The minimum absolute atomic E-state index is 0.377. The van der Waals surface area contributed by atoms with Gasteiger partial charge in [-0.1, -0.05) is 25.5 Å². The molecule has 18 heavy (non-hydrogen) atoms. The van der Waals surface area contributed by atoms with Crippen LogP contribution in [0, 0.1) is 0 Å². The Labute approximate surface area is 109 Å². The summed E-state index contributed by atoms with van der Waals surface area (Å²) in [5.74, 6) is 1.90. The fourth-order valence-corrected chi connectivity index (χ4v) is 1.95. The highest BCUT2D eigenvalue weighted by molar-refractivity contribution is 5.89. The summed E-state index contributed by atoms with van der Waals surface area (Å²) in [6.45, 7) is 6.44. The lowest BCUT2D eigenvalue weighted by molar-refractivity contribution is 0.755. The van der Waals surface area contributed by atoms with Crippen molar-refractivity contribution < 1.29 is 0 Å². The van der Waals surface area contributed by atoms with Gasteiger partial charge in [0.15, 0.2) is 0 Å². The van der Waals surface area contributed by atoms with Crippen LogP contribution in [0.4, 0.5) is 5.82 Å². The molecule has 0 saturated heterocycles. The number of aromatic nitrogens is 2. The highest BCUT2D eigenvalue weighted by Gasteiger charge is 2.07. The first kappa shape index (κ1) is 12.8. The topological polar surface area (TPSA) is 37.8 Å². The molecule has 0 bridgehead atoms. The lowest BCUT2D eigenvalue weighted by Crippen LogP contribution is -2.13. The summed E-state index contributed by atoms with van der Waals surface area (Å²) in [6, 6.07) is 8.56. The number of rotatable bonds is 5. The monoisotopic (exact) mass is 243 g/mol. The molecule has 1 aromatic heterocycles. The Hall–Kier alpha value is -1.64. The number of para-hydroxylation sites is 1.